The molecule has 1 aliphatic rings. The number of nitrogen functional groups attached to an aromatic ring is 1. The Bertz CT molecular complexity index is 611. The van der Waals surface area contributed by atoms with Crippen molar-refractivity contribution in [2.24, 2.45) is 5.84 Å². The second-order valence-corrected chi connectivity index (χ2v) is 4.01. The zero-order valence-electron chi connectivity index (χ0n) is 10.4. The summed E-state index contributed by atoms with van der Waals surface area (Å²) in [6.07, 6.45) is 2.83. The van der Waals surface area contributed by atoms with Crippen LogP contribution in [0.4, 0.5) is 11.9 Å². The van der Waals surface area contributed by atoms with Crippen molar-refractivity contribution in [3.63, 3.8) is 0 Å². The number of aromatic nitrogens is 6. The van der Waals surface area contributed by atoms with Gasteiger partial charge in [-0.3, -0.25) is 10.2 Å². The molecule has 1 aliphatic heterocycles. The predicted molar refractivity (Wildman–Crippen MR) is 67.8 cm³/mol. The van der Waals surface area contributed by atoms with Crippen LogP contribution >= 0.6 is 0 Å². The number of anilines is 2. The molecule has 104 valence electrons. The third-order valence-corrected chi connectivity index (χ3v) is 2.69. The number of amides is 1. The van der Waals surface area contributed by atoms with Crippen molar-refractivity contribution < 1.29 is 4.79 Å². The van der Waals surface area contributed by atoms with Crippen LogP contribution in [0.2, 0.25) is 0 Å². The van der Waals surface area contributed by atoms with Gasteiger partial charge in [-0.25, -0.2) is 10.8 Å². The first-order valence-electron chi connectivity index (χ1n) is 5.85. The second-order valence-electron chi connectivity index (χ2n) is 4.01. The third kappa shape index (κ3) is 2.33. The number of nitrogens with two attached hydrogens (primary N) is 1. The van der Waals surface area contributed by atoms with Crippen LogP contribution in [0.25, 0.3) is 5.95 Å². The molecule has 4 N–H and O–H groups in total. The highest BCUT2D eigenvalue weighted by atomic mass is 16.2. The molecule has 0 radical (unpaired) electrons. The van der Waals surface area contributed by atoms with Gasteiger partial charge in [-0.15, -0.1) is 0 Å². The number of carbonyl (C=O) groups excluding carboxylic acids is 1. The summed E-state index contributed by atoms with van der Waals surface area (Å²) in [6.45, 7) is 1.33. The van der Waals surface area contributed by atoms with E-state index in [-0.39, 0.29) is 24.3 Å². The first kappa shape index (κ1) is 12.2. The number of piperazine rings is 1. The summed E-state index contributed by atoms with van der Waals surface area (Å²) in [4.78, 5) is 29.5. The number of hydrazine groups is 1. The summed E-state index contributed by atoms with van der Waals surface area (Å²) < 4.78 is 1.38. The molecule has 0 aliphatic carbocycles. The van der Waals surface area contributed by atoms with Gasteiger partial charge in [0.15, 0.2) is 0 Å². The predicted octanol–water partition coefficient (Wildman–Crippen LogP) is -2.33. The van der Waals surface area contributed by atoms with Crippen molar-refractivity contribution in [2.75, 3.05) is 30.0 Å². The Labute approximate surface area is 113 Å². The lowest BCUT2D eigenvalue weighted by atomic mass is 10.4. The van der Waals surface area contributed by atoms with Crippen LogP contribution in [0.5, 0.6) is 0 Å². The lowest BCUT2D eigenvalue weighted by Crippen LogP contribution is -2.48. The average Bonchev–Trinajstić information content (AvgIpc) is 3.01. The fraction of sp³-hybridized carbons (Fsp3) is 0.333. The van der Waals surface area contributed by atoms with E-state index in [0.717, 1.165) is 0 Å². The van der Waals surface area contributed by atoms with Gasteiger partial charge in [-0.05, 0) is 0 Å². The summed E-state index contributed by atoms with van der Waals surface area (Å²) in [5, 5.41) is 6.68. The van der Waals surface area contributed by atoms with Crippen molar-refractivity contribution in [3.8, 4) is 5.95 Å². The van der Waals surface area contributed by atoms with E-state index < -0.39 is 0 Å². The average molecular weight is 276 g/mol. The minimum atomic E-state index is -0.0822. The van der Waals surface area contributed by atoms with Crippen LogP contribution in [-0.4, -0.2) is 55.3 Å². The van der Waals surface area contributed by atoms with Crippen LogP contribution in [0.1, 0.15) is 0 Å². The molecule has 11 nitrogen and oxygen atoms in total. The molecule has 0 saturated carbocycles. The summed E-state index contributed by atoms with van der Waals surface area (Å²) >= 11 is 0. The van der Waals surface area contributed by atoms with Gasteiger partial charge in [0.2, 0.25) is 17.8 Å². The molecule has 3 rings (SSSR count). The van der Waals surface area contributed by atoms with Crippen molar-refractivity contribution in [3.05, 3.63) is 12.7 Å². The molecular formula is C9H12N10O. The minimum Gasteiger partial charge on any atom is -0.353 e. The molecule has 0 unspecified atom stereocenters. The van der Waals surface area contributed by atoms with Crippen molar-refractivity contribution in [1.82, 2.24) is 35.0 Å². The summed E-state index contributed by atoms with van der Waals surface area (Å²) in [7, 11) is 0. The molecule has 1 amide bonds. The Hall–Kier alpha value is -2.82. The summed E-state index contributed by atoms with van der Waals surface area (Å²) in [5.74, 6) is 6.08. The van der Waals surface area contributed by atoms with E-state index in [4.69, 9.17) is 5.84 Å². The molecule has 20 heavy (non-hydrogen) atoms. The van der Waals surface area contributed by atoms with Crippen LogP contribution < -0.4 is 21.5 Å². The number of nitrogens with one attached hydrogen (secondary N) is 2. The zero-order chi connectivity index (χ0) is 13.9. The van der Waals surface area contributed by atoms with Gasteiger partial charge in [0.1, 0.15) is 12.7 Å². The monoisotopic (exact) mass is 276 g/mol. The molecule has 2 aromatic rings. The number of rotatable bonds is 3. The maximum absolute atomic E-state index is 11.4. The van der Waals surface area contributed by atoms with Gasteiger partial charge in [0.25, 0.3) is 5.95 Å². The van der Waals surface area contributed by atoms with E-state index >= 15 is 0 Å². The van der Waals surface area contributed by atoms with Crippen LogP contribution in [0, 0.1) is 0 Å². The van der Waals surface area contributed by atoms with Crippen molar-refractivity contribution in [1.29, 1.82) is 0 Å². The Kier molecular flexibility index (Phi) is 3.09. The van der Waals surface area contributed by atoms with E-state index in [1.54, 1.807) is 4.90 Å². The number of hydrogen-bond acceptors (Lipinski definition) is 9. The van der Waals surface area contributed by atoms with Gasteiger partial charge in [-0.2, -0.15) is 24.7 Å². The Balaban J connectivity index is 1.98. The van der Waals surface area contributed by atoms with Gasteiger partial charge < -0.3 is 10.2 Å². The highest BCUT2D eigenvalue weighted by Gasteiger charge is 2.20. The fourth-order valence-corrected chi connectivity index (χ4v) is 1.78. The fourth-order valence-electron chi connectivity index (χ4n) is 1.78. The first-order valence-corrected chi connectivity index (χ1v) is 5.85. The van der Waals surface area contributed by atoms with Crippen molar-refractivity contribution >= 4 is 17.8 Å². The molecule has 1 saturated heterocycles. The number of nitrogens with zero attached hydrogens (tertiary/aromatic N) is 7. The lowest BCUT2D eigenvalue weighted by molar-refractivity contribution is -0.120. The largest absolute Gasteiger partial charge is 0.353 e. The van der Waals surface area contributed by atoms with Crippen LogP contribution in [0.3, 0.4) is 0 Å². The number of carbonyl (C=O) groups is 1. The van der Waals surface area contributed by atoms with Gasteiger partial charge >= 0.3 is 0 Å². The SMILES string of the molecule is NNc1nc(N2CCNC(=O)C2)nc(-n2cncn2)n1. The highest BCUT2D eigenvalue weighted by Crippen LogP contribution is 2.12. The standard InChI is InChI=1S/C9H12N10O/c10-17-7-14-8(18-2-1-12-6(20)3-18)16-9(15-7)19-5-11-4-13-19/h4-5H,1-3,10H2,(H,12,20)(H,14,15,16,17). The molecule has 11 heteroatoms. The van der Waals surface area contributed by atoms with Gasteiger partial charge in [-0.1, -0.05) is 0 Å². The van der Waals surface area contributed by atoms with Crippen LogP contribution in [0.15, 0.2) is 12.7 Å². The molecule has 1 fully saturated rings. The quantitative estimate of drug-likeness (QED) is 0.416. The maximum Gasteiger partial charge on any atom is 0.258 e. The van der Waals surface area contributed by atoms with E-state index in [2.05, 4.69) is 35.8 Å². The van der Waals surface area contributed by atoms with Crippen molar-refractivity contribution in [2.45, 2.75) is 0 Å². The second kappa shape index (κ2) is 5.05. The molecule has 0 atom stereocenters. The van der Waals surface area contributed by atoms with E-state index in [9.17, 15) is 4.79 Å². The smallest absolute Gasteiger partial charge is 0.258 e. The minimum absolute atomic E-state index is 0.0822. The lowest BCUT2D eigenvalue weighted by Gasteiger charge is -2.26. The topological polar surface area (TPSA) is 140 Å². The van der Waals surface area contributed by atoms with E-state index in [0.29, 0.717) is 19.0 Å². The van der Waals surface area contributed by atoms with E-state index in [1.165, 1.54) is 17.3 Å². The Morgan fingerprint density at radius 2 is 2.15 bits per heavy atom. The maximum atomic E-state index is 11.4. The normalized spacial score (nSPS) is 15.1. The molecule has 0 bridgehead atoms. The van der Waals surface area contributed by atoms with Crippen LogP contribution in [-0.2, 0) is 4.79 Å². The summed E-state index contributed by atoms with van der Waals surface area (Å²) in [5.41, 5.74) is 2.37. The van der Waals surface area contributed by atoms with E-state index in [1.807, 2.05) is 0 Å². The molecule has 3 heterocycles. The molecular weight excluding hydrogens is 264 g/mol. The van der Waals surface area contributed by atoms with Gasteiger partial charge in [0, 0.05) is 13.1 Å². The third-order valence-electron chi connectivity index (χ3n) is 2.69. The molecule has 0 aromatic carbocycles. The molecule has 2 aromatic heterocycles. The summed E-state index contributed by atoms with van der Waals surface area (Å²) in [6, 6.07) is 0. The molecule has 0 spiro atoms. The number of hydrogen-bond donors (Lipinski definition) is 3. The first-order chi connectivity index (χ1) is 9.76. The van der Waals surface area contributed by atoms with Gasteiger partial charge in [0.05, 0.1) is 6.54 Å². The Morgan fingerprint density at radius 1 is 1.30 bits per heavy atom. The highest BCUT2D eigenvalue weighted by molar-refractivity contribution is 5.81. The zero-order valence-corrected chi connectivity index (χ0v) is 10.4. The Morgan fingerprint density at radius 3 is 2.85 bits per heavy atom.